The molecule has 0 aliphatic carbocycles. The quantitative estimate of drug-likeness (QED) is 0.224. The number of aromatic nitrogens is 3. The standard InChI is InChI=1S/C36H21N3S/c1-2-8-23-21-32-28(19-22(23)7-1)26-9-3-5-11-30(26)39(32)31-15-14-25(35-36(31)38-18-17-37-35)24-13-16-34-29(20-24)27-10-4-6-12-33(27)40-34/h1-21H. The lowest BCUT2D eigenvalue weighted by Gasteiger charge is -2.13. The van der Waals surface area contributed by atoms with Gasteiger partial charge in [-0.25, -0.2) is 0 Å². The minimum atomic E-state index is 0.895. The Balaban J connectivity index is 1.34. The largest absolute Gasteiger partial charge is 0.307 e. The first kappa shape index (κ1) is 21.8. The van der Waals surface area contributed by atoms with Crippen molar-refractivity contribution in [1.29, 1.82) is 0 Å². The Morgan fingerprint density at radius 2 is 1.23 bits per heavy atom. The van der Waals surface area contributed by atoms with E-state index >= 15 is 0 Å². The third kappa shape index (κ3) is 3.05. The second-order valence-corrected chi connectivity index (χ2v) is 11.3. The number of rotatable bonds is 2. The molecular formula is C36H21N3S. The van der Waals surface area contributed by atoms with E-state index in [0.29, 0.717) is 0 Å². The smallest absolute Gasteiger partial charge is 0.113 e. The lowest BCUT2D eigenvalue weighted by molar-refractivity contribution is 1.17. The third-order valence-corrected chi connectivity index (χ3v) is 9.22. The zero-order valence-corrected chi connectivity index (χ0v) is 22.2. The van der Waals surface area contributed by atoms with E-state index < -0.39 is 0 Å². The van der Waals surface area contributed by atoms with Gasteiger partial charge in [0.2, 0.25) is 0 Å². The molecule has 0 saturated heterocycles. The van der Waals surface area contributed by atoms with Crippen molar-refractivity contribution in [3.63, 3.8) is 0 Å². The second kappa shape index (κ2) is 8.22. The van der Waals surface area contributed by atoms with Crippen LogP contribution in [0.2, 0.25) is 0 Å². The predicted molar refractivity (Wildman–Crippen MR) is 170 cm³/mol. The van der Waals surface area contributed by atoms with E-state index in [0.717, 1.165) is 27.8 Å². The molecule has 0 atom stereocenters. The van der Waals surface area contributed by atoms with Gasteiger partial charge in [0.15, 0.2) is 0 Å². The summed E-state index contributed by atoms with van der Waals surface area (Å²) in [6, 6.07) is 41.7. The molecule has 0 aliphatic rings. The molecule has 6 aromatic carbocycles. The number of benzene rings is 6. The Morgan fingerprint density at radius 1 is 0.500 bits per heavy atom. The fourth-order valence-corrected chi connectivity index (χ4v) is 7.35. The van der Waals surface area contributed by atoms with E-state index in [2.05, 4.69) is 120 Å². The molecule has 3 heterocycles. The van der Waals surface area contributed by atoms with Crippen LogP contribution < -0.4 is 0 Å². The second-order valence-electron chi connectivity index (χ2n) is 10.3. The molecule has 0 radical (unpaired) electrons. The number of para-hydroxylation sites is 1. The van der Waals surface area contributed by atoms with Crippen molar-refractivity contribution in [2.24, 2.45) is 0 Å². The van der Waals surface area contributed by atoms with Gasteiger partial charge in [-0.3, -0.25) is 9.97 Å². The molecule has 9 rings (SSSR count). The molecule has 0 bridgehead atoms. The van der Waals surface area contributed by atoms with Crippen LogP contribution in [0.15, 0.2) is 128 Å². The Morgan fingerprint density at radius 3 is 2.12 bits per heavy atom. The maximum absolute atomic E-state index is 4.92. The summed E-state index contributed by atoms with van der Waals surface area (Å²) >= 11 is 1.84. The SMILES string of the molecule is c1ccc2cc3c(cc2c1)c1ccccc1n3-c1ccc(-c2ccc3sc4ccccc4c3c2)c2nccnc12. The molecule has 186 valence electrons. The number of thiophene rings is 1. The molecule has 40 heavy (non-hydrogen) atoms. The first-order valence-electron chi connectivity index (χ1n) is 13.4. The third-order valence-electron chi connectivity index (χ3n) is 8.07. The van der Waals surface area contributed by atoms with E-state index in [1.807, 2.05) is 11.3 Å². The van der Waals surface area contributed by atoms with Crippen LogP contribution in [0.4, 0.5) is 0 Å². The summed E-state index contributed by atoms with van der Waals surface area (Å²) in [4.78, 5) is 9.82. The molecule has 3 aromatic heterocycles. The van der Waals surface area contributed by atoms with Gasteiger partial charge < -0.3 is 4.57 Å². The van der Waals surface area contributed by atoms with Crippen molar-refractivity contribution in [2.75, 3.05) is 0 Å². The molecule has 0 aliphatic heterocycles. The summed E-state index contributed by atoms with van der Waals surface area (Å²) < 4.78 is 4.97. The molecule has 9 aromatic rings. The van der Waals surface area contributed by atoms with Crippen LogP contribution in [-0.2, 0) is 0 Å². The number of fused-ring (bicyclic) bond motifs is 8. The van der Waals surface area contributed by atoms with E-state index in [1.54, 1.807) is 12.4 Å². The minimum Gasteiger partial charge on any atom is -0.307 e. The zero-order chi connectivity index (χ0) is 26.2. The highest BCUT2D eigenvalue weighted by Gasteiger charge is 2.18. The van der Waals surface area contributed by atoms with Crippen molar-refractivity contribution in [1.82, 2.24) is 14.5 Å². The summed E-state index contributed by atoms with van der Waals surface area (Å²) in [7, 11) is 0. The van der Waals surface area contributed by atoms with Crippen molar-refractivity contribution >= 4 is 75.1 Å². The maximum atomic E-state index is 4.92. The van der Waals surface area contributed by atoms with Crippen molar-refractivity contribution < 1.29 is 0 Å². The van der Waals surface area contributed by atoms with Crippen LogP contribution in [0.3, 0.4) is 0 Å². The molecule has 0 unspecified atom stereocenters. The Bertz CT molecular complexity index is 2450. The van der Waals surface area contributed by atoms with Crippen LogP contribution in [0.25, 0.3) is 80.6 Å². The Kier molecular flexibility index (Phi) is 4.48. The number of nitrogens with zero attached hydrogens (tertiary/aromatic N) is 3. The lowest BCUT2D eigenvalue weighted by Crippen LogP contribution is -1.99. The van der Waals surface area contributed by atoms with Crippen LogP contribution in [0, 0.1) is 0 Å². The average molecular weight is 528 g/mol. The lowest BCUT2D eigenvalue weighted by atomic mass is 10.0. The molecule has 0 spiro atoms. The summed E-state index contributed by atoms with van der Waals surface area (Å²) in [5.41, 5.74) is 7.42. The maximum Gasteiger partial charge on any atom is 0.113 e. The van der Waals surface area contributed by atoms with E-state index in [-0.39, 0.29) is 0 Å². The highest BCUT2D eigenvalue weighted by Crippen LogP contribution is 2.40. The molecule has 0 fully saturated rings. The van der Waals surface area contributed by atoms with Gasteiger partial charge >= 0.3 is 0 Å². The first-order valence-corrected chi connectivity index (χ1v) is 14.2. The van der Waals surface area contributed by atoms with Gasteiger partial charge in [0.1, 0.15) is 5.52 Å². The Labute approximate surface area is 233 Å². The molecule has 0 N–H and O–H groups in total. The van der Waals surface area contributed by atoms with Crippen LogP contribution >= 0.6 is 11.3 Å². The average Bonchev–Trinajstić information content (AvgIpc) is 3.54. The monoisotopic (exact) mass is 527 g/mol. The normalized spacial score (nSPS) is 12.0. The van der Waals surface area contributed by atoms with Gasteiger partial charge in [0.25, 0.3) is 0 Å². The van der Waals surface area contributed by atoms with Crippen molar-refractivity contribution in [3.8, 4) is 16.8 Å². The highest BCUT2D eigenvalue weighted by atomic mass is 32.1. The van der Waals surface area contributed by atoms with E-state index in [1.165, 1.54) is 52.8 Å². The summed E-state index contributed by atoms with van der Waals surface area (Å²) in [6.07, 6.45) is 3.60. The predicted octanol–water partition coefficient (Wildman–Crippen LogP) is 9.91. The molecule has 0 amide bonds. The molecule has 3 nitrogen and oxygen atoms in total. The van der Waals surface area contributed by atoms with Gasteiger partial charge in [0, 0.05) is 48.9 Å². The van der Waals surface area contributed by atoms with Gasteiger partial charge in [0.05, 0.1) is 22.2 Å². The van der Waals surface area contributed by atoms with Gasteiger partial charge in [-0.15, -0.1) is 11.3 Å². The summed E-state index contributed by atoms with van der Waals surface area (Å²) in [6.45, 7) is 0. The fourth-order valence-electron chi connectivity index (χ4n) is 6.26. The van der Waals surface area contributed by atoms with E-state index in [4.69, 9.17) is 9.97 Å². The molecule has 0 saturated carbocycles. The van der Waals surface area contributed by atoms with Crippen molar-refractivity contribution in [2.45, 2.75) is 0 Å². The molecule has 4 heteroatoms. The van der Waals surface area contributed by atoms with E-state index in [9.17, 15) is 0 Å². The topological polar surface area (TPSA) is 30.7 Å². The van der Waals surface area contributed by atoms with Crippen LogP contribution in [0.5, 0.6) is 0 Å². The Hall–Kier alpha value is -5.06. The zero-order valence-electron chi connectivity index (χ0n) is 21.4. The van der Waals surface area contributed by atoms with Crippen molar-refractivity contribution in [3.05, 3.63) is 128 Å². The fraction of sp³-hybridized carbons (Fsp3) is 0. The first-order chi connectivity index (χ1) is 19.8. The minimum absolute atomic E-state index is 0.895. The van der Waals surface area contributed by atoms with Gasteiger partial charge in [-0.2, -0.15) is 0 Å². The van der Waals surface area contributed by atoms with Crippen LogP contribution in [0.1, 0.15) is 0 Å². The van der Waals surface area contributed by atoms with Crippen LogP contribution in [-0.4, -0.2) is 14.5 Å². The summed E-state index contributed by atoms with van der Waals surface area (Å²) in [5.74, 6) is 0. The summed E-state index contributed by atoms with van der Waals surface area (Å²) in [5, 5.41) is 7.53. The number of hydrogen-bond acceptors (Lipinski definition) is 3. The highest BCUT2D eigenvalue weighted by molar-refractivity contribution is 7.25. The molecular weight excluding hydrogens is 506 g/mol. The number of hydrogen-bond donors (Lipinski definition) is 0. The van der Waals surface area contributed by atoms with Gasteiger partial charge in [-0.05, 0) is 64.9 Å². The van der Waals surface area contributed by atoms with Gasteiger partial charge in [-0.1, -0.05) is 66.7 Å².